The minimum absolute atomic E-state index is 0.261. The number of carbonyl (C=O) groups excluding carboxylic acids is 4. The number of Topliss-reactive ketones (excluding diaryl/α,β-unsaturated/α-hetero) is 2. The van der Waals surface area contributed by atoms with Crippen LogP contribution in [-0.2, 0) is 25.5 Å². The third-order valence-electron chi connectivity index (χ3n) is 8.59. The number of benzene rings is 2. The number of ether oxygens (including phenoxy) is 2. The van der Waals surface area contributed by atoms with Gasteiger partial charge in [0.15, 0.2) is 11.6 Å². The van der Waals surface area contributed by atoms with Crippen molar-refractivity contribution >= 4 is 35.7 Å². The predicted molar refractivity (Wildman–Crippen MR) is 182 cm³/mol. The van der Waals surface area contributed by atoms with E-state index in [1.807, 2.05) is 0 Å². The molecule has 0 saturated carbocycles. The molecular formula is C37H48N2O10. The number of fused-ring (bicyclic) bond motifs is 3. The van der Waals surface area contributed by atoms with Gasteiger partial charge in [-0.3, -0.25) is 9.59 Å². The number of nitrogens with one attached hydrogen (secondary N) is 2. The first-order chi connectivity index (χ1) is 22.4. The number of carboxylic acids is 2. The SMILES string of the molecule is CC(C)[C@](CC(=O)c1ccc2c(c1)Cc1cc(C(=O)C[C@@](NC(=O)OC(C)(C)C)(C(=O)O)C(C)C)ccc1-2)(NC(=O)OC(C)(C)C)C(=O)O. The molecule has 0 bridgehead atoms. The van der Waals surface area contributed by atoms with E-state index < -0.39 is 82.6 Å². The number of hydrogen-bond donors (Lipinski definition) is 4. The Balaban J connectivity index is 1.86. The van der Waals surface area contributed by atoms with Gasteiger partial charge in [-0.2, -0.15) is 0 Å². The second-order valence-corrected chi connectivity index (χ2v) is 15.2. The van der Waals surface area contributed by atoms with Crippen molar-refractivity contribution in [2.24, 2.45) is 11.8 Å². The van der Waals surface area contributed by atoms with Crippen LogP contribution < -0.4 is 10.6 Å². The van der Waals surface area contributed by atoms with Crippen molar-refractivity contribution in [2.75, 3.05) is 0 Å². The summed E-state index contributed by atoms with van der Waals surface area (Å²) >= 11 is 0. The Kier molecular flexibility index (Phi) is 11.1. The molecule has 0 radical (unpaired) electrons. The van der Waals surface area contributed by atoms with Crippen molar-refractivity contribution < 1.29 is 48.5 Å². The quantitative estimate of drug-likeness (QED) is 0.156. The number of rotatable bonds is 12. The standard InChI is InChI=1S/C37H48N2O10/c1-20(2)36(30(42)43,38-32(46)48-34(5,6)7)18-28(40)22-11-13-26-24(15-22)17-25-16-23(12-14-27(25)26)29(41)19-37(21(3)4,31(44)45)39-33(47)49-35(8,9)10/h11-16,20-21H,17-19H2,1-10H3,(H,38,46)(H,39,47)(H,42,43)(H,44,45)/t36-,37-/m0/s1. The molecule has 2 atom stereocenters. The van der Waals surface area contributed by atoms with Gasteiger partial charge in [-0.25, -0.2) is 19.2 Å². The van der Waals surface area contributed by atoms with E-state index in [1.54, 1.807) is 106 Å². The highest BCUT2D eigenvalue weighted by atomic mass is 16.6. The molecule has 266 valence electrons. The predicted octanol–water partition coefficient (Wildman–Crippen LogP) is 6.41. The first-order valence-electron chi connectivity index (χ1n) is 16.2. The normalized spacial score (nSPS) is 14.9. The van der Waals surface area contributed by atoms with E-state index in [0.29, 0.717) is 6.42 Å². The van der Waals surface area contributed by atoms with Gasteiger partial charge in [0.05, 0.1) is 0 Å². The fourth-order valence-electron chi connectivity index (χ4n) is 5.78. The molecule has 1 aliphatic carbocycles. The lowest BCUT2D eigenvalue weighted by Crippen LogP contribution is -2.60. The summed E-state index contributed by atoms with van der Waals surface area (Å²) < 4.78 is 10.6. The Morgan fingerprint density at radius 1 is 0.633 bits per heavy atom. The Hall–Kier alpha value is -4.74. The van der Waals surface area contributed by atoms with E-state index in [0.717, 1.165) is 22.3 Å². The number of carboxylic acid groups (broad SMARTS) is 2. The summed E-state index contributed by atoms with van der Waals surface area (Å²) in [7, 11) is 0. The average molecular weight is 681 g/mol. The van der Waals surface area contributed by atoms with Crippen molar-refractivity contribution in [3.05, 3.63) is 58.7 Å². The highest BCUT2D eigenvalue weighted by Gasteiger charge is 2.47. The Morgan fingerprint density at radius 3 is 1.22 bits per heavy atom. The van der Waals surface area contributed by atoms with Gasteiger partial charge in [0.1, 0.15) is 22.3 Å². The highest BCUT2D eigenvalue weighted by molar-refractivity contribution is 6.03. The van der Waals surface area contributed by atoms with E-state index >= 15 is 0 Å². The van der Waals surface area contributed by atoms with E-state index in [2.05, 4.69) is 10.6 Å². The zero-order valence-electron chi connectivity index (χ0n) is 29.9. The van der Waals surface area contributed by atoms with Crippen LogP contribution in [0.15, 0.2) is 36.4 Å². The van der Waals surface area contributed by atoms with Gasteiger partial charge >= 0.3 is 24.1 Å². The lowest BCUT2D eigenvalue weighted by atomic mass is 9.80. The zero-order chi connectivity index (χ0) is 37.3. The number of carbonyl (C=O) groups is 6. The Morgan fingerprint density at radius 2 is 0.959 bits per heavy atom. The number of alkyl carbamates (subject to hydrolysis) is 2. The summed E-state index contributed by atoms with van der Waals surface area (Å²) in [6.45, 7) is 16.3. The topological polar surface area (TPSA) is 185 Å². The van der Waals surface area contributed by atoms with Crippen molar-refractivity contribution in [3.8, 4) is 11.1 Å². The number of ketones is 2. The van der Waals surface area contributed by atoms with Gasteiger partial charge < -0.3 is 30.3 Å². The molecule has 4 N–H and O–H groups in total. The molecule has 49 heavy (non-hydrogen) atoms. The van der Waals surface area contributed by atoms with Gasteiger partial charge in [0.25, 0.3) is 0 Å². The second kappa shape index (κ2) is 14.0. The minimum atomic E-state index is -1.92. The van der Waals surface area contributed by atoms with Crippen LogP contribution in [-0.4, -0.2) is 68.2 Å². The monoisotopic (exact) mass is 680 g/mol. The molecule has 12 heteroatoms. The van der Waals surface area contributed by atoms with Crippen LogP contribution in [0.1, 0.15) is 114 Å². The molecule has 0 fully saturated rings. The van der Waals surface area contributed by atoms with E-state index in [4.69, 9.17) is 9.47 Å². The van der Waals surface area contributed by atoms with Crippen LogP contribution in [0.3, 0.4) is 0 Å². The molecule has 0 saturated heterocycles. The molecule has 2 aromatic carbocycles. The number of amides is 2. The molecule has 0 spiro atoms. The maximum Gasteiger partial charge on any atom is 0.408 e. The smallest absolute Gasteiger partial charge is 0.408 e. The lowest BCUT2D eigenvalue weighted by molar-refractivity contribution is -0.147. The van der Waals surface area contributed by atoms with Crippen LogP contribution in [0.2, 0.25) is 0 Å². The van der Waals surface area contributed by atoms with Crippen LogP contribution >= 0.6 is 0 Å². The fourth-order valence-corrected chi connectivity index (χ4v) is 5.78. The van der Waals surface area contributed by atoms with E-state index in [9.17, 15) is 39.0 Å². The first kappa shape index (κ1) is 38.7. The van der Waals surface area contributed by atoms with Gasteiger partial charge in [0, 0.05) is 24.0 Å². The Labute approximate surface area is 286 Å². The van der Waals surface area contributed by atoms with Crippen LogP contribution in [0.5, 0.6) is 0 Å². The number of hydrogen-bond acceptors (Lipinski definition) is 8. The molecule has 0 aromatic heterocycles. The van der Waals surface area contributed by atoms with Crippen molar-refractivity contribution in [2.45, 2.75) is 111 Å². The largest absolute Gasteiger partial charge is 0.479 e. The summed E-state index contributed by atoms with van der Waals surface area (Å²) in [6, 6.07) is 10.1. The van der Waals surface area contributed by atoms with E-state index in [1.165, 1.54) is 0 Å². The maximum absolute atomic E-state index is 13.6. The molecule has 12 nitrogen and oxygen atoms in total. The van der Waals surface area contributed by atoms with Gasteiger partial charge in [-0.1, -0.05) is 52.0 Å². The van der Waals surface area contributed by atoms with Gasteiger partial charge in [0.2, 0.25) is 0 Å². The van der Waals surface area contributed by atoms with Crippen LogP contribution in [0, 0.1) is 11.8 Å². The van der Waals surface area contributed by atoms with Crippen molar-refractivity contribution in [1.82, 2.24) is 10.6 Å². The van der Waals surface area contributed by atoms with Crippen molar-refractivity contribution in [1.29, 1.82) is 0 Å². The molecular weight excluding hydrogens is 632 g/mol. The lowest BCUT2D eigenvalue weighted by Gasteiger charge is -2.34. The Bertz CT molecular complexity index is 1540. The fraction of sp³-hybridized carbons (Fsp3) is 0.514. The molecule has 0 aliphatic heterocycles. The first-order valence-corrected chi connectivity index (χ1v) is 16.2. The third-order valence-corrected chi connectivity index (χ3v) is 8.59. The summed E-state index contributed by atoms with van der Waals surface area (Å²) in [5.41, 5.74) is -1.84. The summed E-state index contributed by atoms with van der Waals surface area (Å²) in [6.07, 6.45) is -2.55. The molecule has 0 unspecified atom stereocenters. The molecule has 2 amide bonds. The molecule has 0 heterocycles. The maximum atomic E-state index is 13.6. The molecule has 3 rings (SSSR count). The van der Waals surface area contributed by atoms with E-state index in [-0.39, 0.29) is 11.1 Å². The minimum Gasteiger partial charge on any atom is -0.479 e. The summed E-state index contributed by atoms with van der Waals surface area (Å²) in [5.74, 6) is -5.02. The number of aliphatic carboxylic acids is 2. The highest BCUT2D eigenvalue weighted by Crippen LogP contribution is 2.39. The van der Waals surface area contributed by atoms with Crippen LogP contribution in [0.25, 0.3) is 11.1 Å². The molecule has 2 aromatic rings. The summed E-state index contributed by atoms with van der Waals surface area (Å²) in [4.78, 5) is 77.4. The van der Waals surface area contributed by atoms with Crippen LogP contribution in [0.4, 0.5) is 9.59 Å². The molecule has 1 aliphatic rings. The second-order valence-electron chi connectivity index (χ2n) is 15.2. The zero-order valence-corrected chi connectivity index (χ0v) is 29.9. The van der Waals surface area contributed by atoms with Gasteiger partial charge in [-0.05, 0) is 94.2 Å². The third kappa shape index (κ3) is 8.84. The summed E-state index contributed by atoms with van der Waals surface area (Å²) in [5, 5.41) is 25.3. The van der Waals surface area contributed by atoms with Gasteiger partial charge in [-0.15, -0.1) is 0 Å². The van der Waals surface area contributed by atoms with Crippen molar-refractivity contribution in [3.63, 3.8) is 0 Å². The average Bonchev–Trinajstić information content (AvgIpc) is 3.30.